The van der Waals surface area contributed by atoms with Gasteiger partial charge in [0.2, 0.25) is 23.6 Å². The maximum absolute atomic E-state index is 14.6. The zero-order valence-electron chi connectivity index (χ0n) is 28.4. The van der Waals surface area contributed by atoms with Gasteiger partial charge in [-0.15, -0.1) is 0 Å². The van der Waals surface area contributed by atoms with E-state index in [1.54, 1.807) is 28.8 Å². The number of carbonyl (C=O) groups is 5. The van der Waals surface area contributed by atoms with E-state index in [1.165, 1.54) is 36.0 Å². The van der Waals surface area contributed by atoms with Gasteiger partial charge in [0.1, 0.15) is 24.2 Å². The number of H-pyrrole nitrogens is 1. The lowest BCUT2D eigenvalue weighted by atomic mass is 10.1. The third-order valence-corrected chi connectivity index (χ3v) is 9.10. The van der Waals surface area contributed by atoms with E-state index in [1.807, 2.05) is 30.5 Å². The maximum Gasteiger partial charge on any atom is 0.258 e. The summed E-state index contributed by atoms with van der Waals surface area (Å²) >= 11 is 0. The minimum absolute atomic E-state index is 0.0285. The summed E-state index contributed by atoms with van der Waals surface area (Å²) in [7, 11) is 6.54. The second-order valence-corrected chi connectivity index (χ2v) is 12.9. The van der Waals surface area contributed by atoms with Crippen LogP contribution in [0.4, 0.5) is 4.39 Å². The van der Waals surface area contributed by atoms with Crippen molar-refractivity contribution in [3.8, 4) is 5.75 Å². The van der Waals surface area contributed by atoms with E-state index < -0.39 is 29.7 Å². The Hall–Kier alpha value is -4.98. The molecule has 5 rings (SSSR count). The van der Waals surface area contributed by atoms with Gasteiger partial charge in [0.25, 0.3) is 5.91 Å². The molecule has 0 aliphatic carbocycles. The number of ether oxygens (including phenoxy) is 1. The SMILES string of the molecule is CN(C)CC(=O)N1CCN2C(=O)CN(C)C(=O)CC[C@H](C(=O)NCCc3c[nH]c4ccccc34)N(C)C(=O)c3cc(F)ccc3OC[C@H]2C1. The number of hydrogen-bond donors (Lipinski definition) is 2. The Labute approximate surface area is 284 Å². The van der Waals surface area contributed by atoms with Gasteiger partial charge >= 0.3 is 0 Å². The molecule has 1 aromatic heterocycles. The number of hydrogen-bond acceptors (Lipinski definition) is 7. The molecule has 0 radical (unpaired) electrons. The van der Waals surface area contributed by atoms with E-state index in [0.29, 0.717) is 13.0 Å². The van der Waals surface area contributed by atoms with Gasteiger partial charge in [-0.05, 0) is 56.8 Å². The van der Waals surface area contributed by atoms with Crippen LogP contribution in [-0.2, 0) is 25.6 Å². The first kappa shape index (κ1) is 35.3. The molecule has 3 aromatic rings. The van der Waals surface area contributed by atoms with Gasteiger partial charge in [-0.25, -0.2) is 4.39 Å². The predicted molar refractivity (Wildman–Crippen MR) is 180 cm³/mol. The van der Waals surface area contributed by atoms with E-state index in [9.17, 15) is 28.4 Å². The normalized spacial score (nSPS) is 19.7. The van der Waals surface area contributed by atoms with Crippen LogP contribution in [0.2, 0.25) is 0 Å². The second-order valence-electron chi connectivity index (χ2n) is 12.9. The van der Waals surface area contributed by atoms with Gasteiger partial charge in [-0.1, -0.05) is 18.2 Å². The number of aromatic amines is 1. The number of rotatable bonds is 6. The van der Waals surface area contributed by atoms with Crippen molar-refractivity contribution in [2.24, 2.45) is 0 Å². The lowest BCUT2D eigenvalue weighted by Gasteiger charge is -2.42. The second kappa shape index (κ2) is 15.5. The number of aromatic nitrogens is 1. The zero-order chi connectivity index (χ0) is 35.2. The molecule has 49 heavy (non-hydrogen) atoms. The van der Waals surface area contributed by atoms with E-state index in [4.69, 9.17) is 4.74 Å². The first-order valence-electron chi connectivity index (χ1n) is 16.4. The fraction of sp³-hybridized carbons (Fsp3) is 0.457. The quantitative estimate of drug-likeness (QED) is 0.402. The average Bonchev–Trinajstić information content (AvgIpc) is 3.49. The van der Waals surface area contributed by atoms with Crippen LogP contribution in [-0.4, -0.2) is 145 Å². The molecule has 3 heterocycles. The molecule has 1 fully saturated rings. The number of nitrogens with one attached hydrogen (secondary N) is 2. The van der Waals surface area contributed by atoms with Crippen molar-refractivity contribution in [1.82, 2.24) is 34.8 Å². The number of halogens is 1. The molecule has 13 nitrogen and oxygen atoms in total. The van der Waals surface area contributed by atoms with Crippen molar-refractivity contribution in [2.75, 3.05) is 74.1 Å². The third kappa shape index (κ3) is 8.37. The molecule has 262 valence electrons. The third-order valence-electron chi connectivity index (χ3n) is 9.10. The highest BCUT2D eigenvalue weighted by Gasteiger charge is 2.36. The van der Waals surface area contributed by atoms with Crippen molar-refractivity contribution in [1.29, 1.82) is 0 Å². The van der Waals surface area contributed by atoms with Crippen LogP contribution in [0.1, 0.15) is 28.8 Å². The summed E-state index contributed by atoms with van der Waals surface area (Å²) in [6, 6.07) is 9.72. The molecule has 0 bridgehead atoms. The Kier molecular flexibility index (Phi) is 11.2. The van der Waals surface area contributed by atoms with Crippen molar-refractivity contribution in [3.63, 3.8) is 0 Å². The van der Waals surface area contributed by atoms with Gasteiger partial charge < -0.3 is 39.5 Å². The summed E-state index contributed by atoms with van der Waals surface area (Å²) in [6.45, 7) is 0.894. The smallest absolute Gasteiger partial charge is 0.258 e. The molecule has 0 saturated carbocycles. The molecule has 14 heteroatoms. The number of carbonyl (C=O) groups excluding carboxylic acids is 5. The first-order chi connectivity index (χ1) is 23.4. The number of likely N-dealkylation sites (N-methyl/N-ethyl adjacent to an activating group) is 3. The Bertz CT molecular complexity index is 1710. The Morgan fingerprint density at radius 1 is 1.06 bits per heavy atom. The highest BCUT2D eigenvalue weighted by molar-refractivity contribution is 5.99. The van der Waals surface area contributed by atoms with Crippen LogP contribution in [0.3, 0.4) is 0 Å². The summed E-state index contributed by atoms with van der Waals surface area (Å²) in [5, 5.41) is 3.95. The molecule has 0 spiro atoms. The molecule has 5 amide bonds. The maximum atomic E-state index is 14.6. The minimum Gasteiger partial charge on any atom is -0.491 e. The van der Waals surface area contributed by atoms with Gasteiger partial charge in [0, 0.05) is 63.8 Å². The summed E-state index contributed by atoms with van der Waals surface area (Å²) in [4.78, 5) is 78.1. The van der Waals surface area contributed by atoms with Crippen LogP contribution in [0.5, 0.6) is 5.75 Å². The molecule has 2 aliphatic heterocycles. The van der Waals surface area contributed by atoms with Crippen molar-refractivity contribution in [2.45, 2.75) is 31.3 Å². The molecular weight excluding hydrogens is 633 g/mol. The Morgan fingerprint density at radius 2 is 1.84 bits per heavy atom. The topological polar surface area (TPSA) is 139 Å². The zero-order valence-corrected chi connectivity index (χ0v) is 28.4. The summed E-state index contributed by atoms with van der Waals surface area (Å²) < 4.78 is 20.7. The van der Waals surface area contributed by atoms with E-state index in [-0.39, 0.29) is 81.2 Å². The number of benzene rings is 2. The van der Waals surface area contributed by atoms with E-state index >= 15 is 0 Å². The molecule has 0 unspecified atom stereocenters. The number of amides is 5. The molecule has 2 aliphatic rings. The summed E-state index contributed by atoms with van der Waals surface area (Å²) in [6.07, 6.45) is 2.27. The number of piperazine rings is 1. The van der Waals surface area contributed by atoms with Gasteiger partial charge in [0.15, 0.2) is 0 Å². The highest BCUT2D eigenvalue weighted by atomic mass is 19.1. The van der Waals surface area contributed by atoms with E-state index in [2.05, 4.69) is 10.3 Å². The number of para-hydroxylation sites is 1. The van der Waals surface area contributed by atoms with Gasteiger partial charge in [0.05, 0.1) is 24.7 Å². The average molecular weight is 678 g/mol. The molecular formula is C35H44FN7O6. The van der Waals surface area contributed by atoms with Gasteiger partial charge in [-0.2, -0.15) is 0 Å². The summed E-state index contributed by atoms with van der Waals surface area (Å²) in [5.41, 5.74) is 1.90. The number of fused-ring (bicyclic) bond motifs is 3. The highest BCUT2D eigenvalue weighted by Crippen LogP contribution is 2.25. The first-order valence-corrected chi connectivity index (χ1v) is 16.4. The predicted octanol–water partition coefficient (Wildman–Crippen LogP) is 1.34. The van der Waals surface area contributed by atoms with Crippen molar-refractivity contribution in [3.05, 3.63) is 65.6 Å². The van der Waals surface area contributed by atoms with Crippen LogP contribution in [0, 0.1) is 5.82 Å². The van der Waals surface area contributed by atoms with Gasteiger partial charge in [-0.3, -0.25) is 24.0 Å². The standard InChI is InChI=1S/C35H44FN7O6/c1-39(2)20-32(45)42-15-16-43-25(19-42)22-49-30-11-9-24(36)17-27(30)35(48)41(4)29(10-12-31(44)40(3)21-33(43)46)34(47)37-14-13-23-18-38-28-8-6-5-7-26(23)28/h5-9,11,17-18,25,29,38H,10,12-16,19-22H2,1-4H3,(H,37,47)/t25-,29-/m1/s1. The number of nitrogens with zero attached hydrogens (tertiary/aromatic N) is 5. The lowest BCUT2D eigenvalue weighted by molar-refractivity contribution is -0.147. The minimum atomic E-state index is -1.08. The van der Waals surface area contributed by atoms with E-state index in [0.717, 1.165) is 22.5 Å². The molecule has 2 aromatic carbocycles. The fourth-order valence-corrected chi connectivity index (χ4v) is 6.35. The Balaban J connectivity index is 1.38. The largest absolute Gasteiger partial charge is 0.491 e. The molecule has 2 N–H and O–H groups in total. The van der Waals surface area contributed by atoms with Crippen molar-refractivity contribution < 1.29 is 33.1 Å². The van der Waals surface area contributed by atoms with Crippen LogP contribution in [0.15, 0.2) is 48.7 Å². The van der Waals surface area contributed by atoms with Crippen LogP contribution < -0.4 is 10.1 Å². The lowest BCUT2D eigenvalue weighted by Crippen LogP contribution is -2.60. The van der Waals surface area contributed by atoms with Crippen molar-refractivity contribution >= 4 is 40.4 Å². The summed E-state index contributed by atoms with van der Waals surface area (Å²) in [5.74, 6) is -2.54. The Morgan fingerprint density at radius 3 is 2.61 bits per heavy atom. The molecule has 2 atom stereocenters. The molecule has 1 saturated heterocycles. The van der Waals surface area contributed by atoms with Crippen LogP contribution in [0.25, 0.3) is 10.9 Å². The van der Waals surface area contributed by atoms with Crippen LogP contribution >= 0.6 is 0 Å². The monoisotopic (exact) mass is 677 g/mol. The fourth-order valence-electron chi connectivity index (χ4n) is 6.35.